The van der Waals surface area contributed by atoms with E-state index in [1.54, 1.807) is 0 Å². The molecule has 0 saturated heterocycles. The van der Waals surface area contributed by atoms with Crippen molar-refractivity contribution in [2.24, 2.45) is 0 Å². The lowest BCUT2D eigenvalue weighted by Gasteiger charge is -2.14. The second-order valence-electron chi connectivity index (χ2n) is 4.22. The zero-order valence-corrected chi connectivity index (χ0v) is 10.3. The Kier molecular flexibility index (Phi) is 4.25. The van der Waals surface area contributed by atoms with Gasteiger partial charge in [-0.05, 0) is 30.5 Å². The van der Waals surface area contributed by atoms with Gasteiger partial charge in [0.25, 0.3) is 0 Å². The lowest BCUT2D eigenvalue weighted by atomic mass is 10.1. The highest BCUT2D eigenvalue weighted by Crippen LogP contribution is 2.30. The van der Waals surface area contributed by atoms with Crippen LogP contribution < -0.4 is 5.32 Å². The molecule has 0 saturated carbocycles. The predicted octanol–water partition coefficient (Wildman–Crippen LogP) is 2.17. The Morgan fingerprint density at radius 1 is 1.53 bits per heavy atom. The van der Waals surface area contributed by atoms with E-state index < -0.39 is 16.6 Å². The van der Waals surface area contributed by atoms with Gasteiger partial charge in [-0.25, -0.2) is 8.60 Å². The highest BCUT2D eigenvalue weighted by molar-refractivity contribution is 7.79. The lowest BCUT2D eigenvalue weighted by molar-refractivity contribution is 0.375. The van der Waals surface area contributed by atoms with Crippen molar-refractivity contribution in [2.45, 2.75) is 30.8 Å². The molecule has 94 valence electrons. The normalized spacial score (nSPS) is 22.1. The molecule has 0 aliphatic heterocycles. The van der Waals surface area contributed by atoms with Gasteiger partial charge < -0.3 is 9.87 Å². The van der Waals surface area contributed by atoms with Crippen LogP contribution in [0.3, 0.4) is 0 Å². The van der Waals surface area contributed by atoms with E-state index in [-0.39, 0.29) is 12.5 Å². The van der Waals surface area contributed by atoms with Crippen LogP contribution in [-0.2, 0) is 17.5 Å². The third-order valence-electron chi connectivity index (χ3n) is 3.11. The van der Waals surface area contributed by atoms with Gasteiger partial charge in [0.15, 0.2) is 11.1 Å². The van der Waals surface area contributed by atoms with Gasteiger partial charge in [0.2, 0.25) is 5.50 Å². The molecule has 2 N–H and O–H groups in total. The second kappa shape index (κ2) is 5.71. The Balaban J connectivity index is 1.84. The molecule has 2 rings (SSSR count). The van der Waals surface area contributed by atoms with Gasteiger partial charge in [0.1, 0.15) is 0 Å². The number of rotatable bonds is 5. The lowest BCUT2D eigenvalue weighted by Crippen LogP contribution is -2.24. The summed E-state index contributed by atoms with van der Waals surface area (Å²) in [6.45, 7) is 0.423. The van der Waals surface area contributed by atoms with Crippen molar-refractivity contribution < 1.29 is 13.2 Å². The first-order valence-corrected chi connectivity index (χ1v) is 6.90. The van der Waals surface area contributed by atoms with Crippen LogP contribution in [0.4, 0.5) is 4.39 Å². The van der Waals surface area contributed by atoms with E-state index in [0.717, 1.165) is 12.8 Å². The van der Waals surface area contributed by atoms with Gasteiger partial charge in [-0.15, -0.1) is 0 Å². The Morgan fingerprint density at radius 2 is 2.29 bits per heavy atom. The fourth-order valence-electron chi connectivity index (χ4n) is 2.24. The standard InChI is InChI=1S/C12H16FNO2S/c13-12(17(15)16)7-8-14-11-6-5-9-3-1-2-4-10(9)11/h1-4,11-12,14H,5-8H2,(H,15,16). The van der Waals surface area contributed by atoms with Crippen molar-refractivity contribution in [3.63, 3.8) is 0 Å². The van der Waals surface area contributed by atoms with Crippen LogP contribution in [0.25, 0.3) is 0 Å². The van der Waals surface area contributed by atoms with E-state index in [1.165, 1.54) is 11.1 Å². The molecule has 0 amide bonds. The minimum atomic E-state index is -2.37. The van der Waals surface area contributed by atoms with Crippen molar-refractivity contribution in [2.75, 3.05) is 6.54 Å². The molecule has 0 spiro atoms. The maximum absolute atomic E-state index is 12.9. The quantitative estimate of drug-likeness (QED) is 0.795. The van der Waals surface area contributed by atoms with E-state index in [1.807, 2.05) is 12.1 Å². The summed E-state index contributed by atoms with van der Waals surface area (Å²) in [5, 5.41) is 3.24. The molecule has 3 atom stereocenters. The van der Waals surface area contributed by atoms with E-state index >= 15 is 0 Å². The smallest absolute Gasteiger partial charge is 0.201 e. The largest absolute Gasteiger partial charge is 0.310 e. The van der Waals surface area contributed by atoms with Gasteiger partial charge in [-0.1, -0.05) is 24.3 Å². The summed E-state index contributed by atoms with van der Waals surface area (Å²) in [6, 6.07) is 8.47. The monoisotopic (exact) mass is 257 g/mol. The van der Waals surface area contributed by atoms with Gasteiger partial charge in [0, 0.05) is 12.5 Å². The summed E-state index contributed by atoms with van der Waals surface area (Å²) in [6.07, 6.45) is 2.12. The van der Waals surface area contributed by atoms with E-state index in [0.29, 0.717) is 6.54 Å². The molecule has 3 unspecified atom stereocenters. The van der Waals surface area contributed by atoms with Crippen molar-refractivity contribution in [3.05, 3.63) is 35.4 Å². The van der Waals surface area contributed by atoms with Crippen LogP contribution in [0.5, 0.6) is 0 Å². The molecule has 1 aliphatic carbocycles. The molecule has 1 aliphatic rings. The number of benzene rings is 1. The minimum Gasteiger partial charge on any atom is -0.310 e. The van der Waals surface area contributed by atoms with Crippen molar-refractivity contribution in [1.82, 2.24) is 5.32 Å². The summed E-state index contributed by atoms with van der Waals surface area (Å²) in [7, 11) is 0. The number of fused-ring (bicyclic) bond motifs is 1. The molecule has 17 heavy (non-hydrogen) atoms. The Morgan fingerprint density at radius 3 is 3.06 bits per heavy atom. The molecule has 1 aromatic rings. The highest BCUT2D eigenvalue weighted by atomic mass is 32.2. The molecule has 0 fully saturated rings. The van der Waals surface area contributed by atoms with Crippen LogP contribution in [-0.4, -0.2) is 20.8 Å². The van der Waals surface area contributed by atoms with Gasteiger partial charge in [0.05, 0.1) is 0 Å². The number of alkyl halides is 1. The molecular weight excluding hydrogens is 241 g/mol. The van der Waals surface area contributed by atoms with Crippen LogP contribution in [0.15, 0.2) is 24.3 Å². The van der Waals surface area contributed by atoms with E-state index in [9.17, 15) is 8.60 Å². The zero-order chi connectivity index (χ0) is 12.3. The van der Waals surface area contributed by atoms with Crippen LogP contribution in [0.2, 0.25) is 0 Å². The molecule has 3 nitrogen and oxygen atoms in total. The third-order valence-corrected chi connectivity index (χ3v) is 3.79. The first-order valence-electron chi connectivity index (χ1n) is 5.73. The number of hydrogen-bond acceptors (Lipinski definition) is 2. The summed E-state index contributed by atoms with van der Waals surface area (Å²) >= 11 is -2.37. The van der Waals surface area contributed by atoms with Crippen molar-refractivity contribution in [1.29, 1.82) is 0 Å². The Bertz CT molecular complexity index is 413. The molecule has 1 aromatic carbocycles. The fourth-order valence-corrected chi connectivity index (χ4v) is 2.56. The molecule has 0 aromatic heterocycles. The van der Waals surface area contributed by atoms with Gasteiger partial charge >= 0.3 is 0 Å². The average Bonchev–Trinajstić information content (AvgIpc) is 2.72. The van der Waals surface area contributed by atoms with Gasteiger partial charge in [-0.3, -0.25) is 0 Å². The minimum absolute atomic E-state index is 0.0712. The number of nitrogens with one attached hydrogen (secondary N) is 1. The number of hydrogen-bond donors (Lipinski definition) is 2. The summed E-state index contributed by atoms with van der Waals surface area (Å²) < 4.78 is 31.9. The molecule has 0 radical (unpaired) electrons. The first kappa shape index (κ1) is 12.7. The van der Waals surface area contributed by atoms with Crippen LogP contribution in [0, 0.1) is 0 Å². The third kappa shape index (κ3) is 3.12. The number of halogens is 1. The maximum atomic E-state index is 12.9. The topological polar surface area (TPSA) is 49.3 Å². The average molecular weight is 257 g/mol. The summed E-state index contributed by atoms with van der Waals surface area (Å²) in [5.74, 6) is 0. The number of aryl methyl sites for hydroxylation is 1. The van der Waals surface area contributed by atoms with Gasteiger partial charge in [-0.2, -0.15) is 0 Å². The van der Waals surface area contributed by atoms with E-state index in [2.05, 4.69) is 17.4 Å². The Labute approximate surface area is 103 Å². The van der Waals surface area contributed by atoms with Crippen LogP contribution in [0.1, 0.15) is 30.0 Å². The van der Waals surface area contributed by atoms with E-state index in [4.69, 9.17) is 4.55 Å². The van der Waals surface area contributed by atoms with Crippen LogP contribution >= 0.6 is 0 Å². The molecule has 0 bridgehead atoms. The van der Waals surface area contributed by atoms with Crippen molar-refractivity contribution in [3.8, 4) is 0 Å². The van der Waals surface area contributed by atoms with Crippen molar-refractivity contribution >= 4 is 11.1 Å². The highest BCUT2D eigenvalue weighted by Gasteiger charge is 2.21. The summed E-state index contributed by atoms with van der Waals surface area (Å²) in [4.78, 5) is 0. The molecule has 0 heterocycles. The SMILES string of the molecule is O=S(O)C(F)CCNC1CCc2ccccc21. The molecular formula is C12H16FNO2S. The second-order valence-corrected chi connectivity index (χ2v) is 5.28. The maximum Gasteiger partial charge on any atom is 0.201 e. The first-order chi connectivity index (χ1) is 8.18. The predicted molar refractivity (Wildman–Crippen MR) is 65.8 cm³/mol. The Hall–Kier alpha value is -0.780. The molecule has 5 heteroatoms. The summed E-state index contributed by atoms with van der Waals surface area (Å²) in [5.41, 5.74) is 0.958. The zero-order valence-electron chi connectivity index (χ0n) is 9.43. The fraction of sp³-hybridized carbons (Fsp3) is 0.500.